The summed E-state index contributed by atoms with van der Waals surface area (Å²) in [6.45, 7) is 6.96. The number of hydrogen-bond acceptors (Lipinski definition) is 11. The van der Waals surface area contributed by atoms with E-state index in [1.54, 1.807) is 0 Å². The average Bonchev–Trinajstić information content (AvgIpc) is 3.35. The molecule has 1 aliphatic heterocycles. The van der Waals surface area contributed by atoms with Crippen molar-refractivity contribution >= 4 is 11.9 Å². The monoisotopic (exact) mass is 593 g/mol. The molecule has 42 heavy (non-hydrogen) atoms. The van der Waals surface area contributed by atoms with Gasteiger partial charge in [0.2, 0.25) is 18.1 Å². The minimum Gasteiger partial charge on any atom is -0.494 e. The maximum absolute atomic E-state index is 11.7. The normalized spacial score (nSPS) is 22.3. The second kappa shape index (κ2) is 15.3. The maximum atomic E-state index is 11.7. The van der Waals surface area contributed by atoms with Crippen LogP contribution in [-0.2, 0) is 16.0 Å². The third kappa shape index (κ3) is 8.40. The number of aliphatic hydroxyl groups is 4. The Kier molecular flexibility index (Phi) is 12.1. The van der Waals surface area contributed by atoms with E-state index in [1.807, 2.05) is 39.0 Å². The van der Waals surface area contributed by atoms with Crippen LogP contribution in [0.15, 0.2) is 18.2 Å². The highest BCUT2D eigenvalue weighted by molar-refractivity contribution is 5.93. The molecule has 5 atom stereocenters. The zero-order valence-electron chi connectivity index (χ0n) is 24.4. The number of rotatable bonds is 14. The number of carbonyl (C=O) groups is 2. The lowest BCUT2D eigenvalue weighted by Gasteiger charge is -2.39. The van der Waals surface area contributed by atoms with E-state index in [4.69, 9.17) is 19.9 Å². The summed E-state index contributed by atoms with van der Waals surface area (Å²) in [5.41, 5.74) is 8.65. The second-order valence-corrected chi connectivity index (χ2v) is 10.6. The van der Waals surface area contributed by atoms with Crippen LogP contribution in [-0.4, -0.2) is 112 Å². The molecule has 1 aromatic carbocycles. The van der Waals surface area contributed by atoms with Gasteiger partial charge in [-0.2, -0.15) is 0 Å². The lowest BCUT2D eigenvalue weighted by atomic mass is 9.96. The number of nitrogens with zero attached hydrogens (tertiary/aromatic N) is 2. The molecule has 1 saturated heterocycles. The Balaban J connectivity index is 1.57. The first-order valence-electron chi connectivity index (χ1n) is 14.0. The molecule has 14 heteroatoms. The van der Waals surface area contributed by atoms with Gasteiger partial charge >= 0.3 is 6.03 Å². The number of aryl methyl sites for hydroxylation is 1. The van der Waals surface area contributed by atoms with Crippen LogP contribution in [0.3, 0.4) is 0 Å². The summed E-state index contributed by atoms with van der Waals surface area (Å²) >= 11 is 0. The fourth-order valence-corrected chi connectivity index (χ4v) is 4.53. The molecule has 3 amide bonds. The van der Waals surface area contributed by atoms with E-state index >= 15 is 0 Å². The van der Waals surface area contributed by atoms with E-state index in [0.29, 0.717) is 38.3 Å². The Labute approximate surface area is 244 Å². The number of benzene rings is 1. The van der Waals surface area contributed by atoms with E-state index < -0.39 is 43.3 Å². The van der Waals surface area contributed by atoms with Crippen LogP contribution in [0.1, 0.15) is 55.0 Å². The maximum Gasteiger partial charge on any atom is 0.321 e. The molecule has 14 nitrogen and oxygen atoms in total. The summed E-state index contributed by atoms with van der Waals surface area (Å²) in [6, 6.07) is 5.00. The standard InChI is InChI=1S/C28H43N5O9/c1-15(2)22-19(26(32-31-22)42-27-25(38)24(37)23(36)20(14-34)41-27)13-17-6-7-18(12-16(17)3)40-11-5-9-30-10-8-21(35)33(4)28(29)39/h6-7,12,15,20,23-25,27,30,34,36-38H,5,8-11,13-14H2,1-4H3,(H2,29,39)(H,31,32)/t20-,23-,24+,25-,27+/m1/s1. The summed E-state index contributed by atoms with van der Waals surface area (Å²) in [5, 5.41) is 50.5. The fourth-order valence-electron chi connectivity index (χ4n) is 4.53. The number of hydrogen-bond donors (Lipinski definition) is 7. The van der Waals surface area contributed by atoms with Crippen LogP contribution in [0, 0.1) is 6.92 Å². The van der Waals surface area contributed by atoms with Crippen molar-refractivity contribution in [2.75, 3.05) is 33.4 Å². The molecule has 0 aliphatic carbocycles. The molecule has 0 saturated carbocycles. The number of ether oxygens (including phenoxy) is 3. The Morgan fingerprint density at radius 1 is 1.19 bits per heavy atom. The van der Waals surface area contributed by atoms with Gasteiger partial charge in [-0.3, -0.25) is 14.8 Å². The Bertz CT molecular complexity index is 1190. The summed E-state index contributed by atoms with van der Waals surface area (Å²) in [6.07, 6.45) is -5.68. The topological polar surface area (TPSA) is 213 Å². The van der Waals surface area contributed by atoms with Crippen molar-refractivity contribution in [2.24, 2.45) is 5.73 Å². The number of imide groups is 1. The zero-order chi connectivity index (χ0) is 31.0. The van der Waals surface area contributed by atoms with Gasteiger partial charge in [0.1, 0.15) is 30.2 Å². The van der Waals surface area contributed by atoms with Crippen molar-refractivity contribution in [3.05, 3.63) is 40.6 Å². The molecule has 0 bridgehead atoms. The van der Waals surface area contributed by atoms with Crippen LogP contribution < -0.4 is 20.5 Å². The molecule has 2 aromatic rings. The molecule has 2 heterocycles. The fraction of sp³-hybridized carbons (Fsp3) is 0.607. The van der Waals surface area contributed by atoms with Crippen LogP contribution in [0.25, 0.3) is 0 Å². The Hall–Kier alpha value is -3.27. The van der Waals surface area contributed by atoms with E-state index in [2.05, 4.69) is 15.5 Å². The van der Waals surface area contributed by atoms with E-state index in [0.717, 1.165) is 27.3 Å². The van der Waals surface area contributed by atoms with Gasteiger partial charge in [-0.1, -0.05) is 19.9 Å². The molecule has 1 aromatic heterocycles. The summed E-state index contributed by atoms with van der Waals surface area (Å²) in [7, 11) is 1.35. The van der Waals surface area contributed by atoms with Crippen LogP contribution in [0.5, 0.6) is 11.6 Å². The summed E-state index contributed by atoms with van der Waals surface area (Å²) in [5.74, 6) is 0.644. The number of H-pyrrole nitrogens is 1. The summed E-state index contributed by atoms with van der Waals surface area (Å²) < 4.78 is 17.3. The van der Waals surface area contributed by atoms with E-state index in [9.17, 15) is 30.0 Å². The highest BCUT2D eigenvalue weighted by Gasteiger charge is 2.45. The molecule has 0 unspecified atom stereocenters. The number of aromatic nitrogens is 2. The number of nitrogens with two attached hydrogens (primary N) is 1. The van der Waals surface area contributed by atoms with Crippen molar-refractivity contribution in [1.29, 1.82) is 0 Å². The van der Waals surface area contributed by atoms with Gasteiger partial charge in [-0.15, -0.1) is 5.10 Å². The number of carbonyl (C=O) groups excluding carboxylic acids is 2. The van der Waals surface area contributed by atoms with Gasteiger partial charge in [0.05, 0.1) is 13.2 Å². The summed E-state index contributed by atoms with van der Waals surface area (Å²) in [4.78, 5) is 23.6. The van der Waals surface area contributed by atoms with Crippen molar-refractivity contribution < 1.29 is 44.2 Å². The van der Waals surface area contributed by atoms with E-state index in [1.165, 1.54) is 7.05 Å². The van der Waals surface area contributed by atoms with Crippen molar-refractivity contribution in [3.63, 3.8) is 0 Å². The number of amides is 3. The lowest BCUT2D eigenvalue weighted by molar-refractivity contribution is -0.278. The van der Waals surface area contributed by atoms with Gasteiger partial charge in [0.15, 0.2) is 0 Å². The number of aromatic amines is 1. The van der Waals surface area contributed by atoms with Crippen molar-refractivity contribution in [2.45, 2.75) is 76.7 Å². The highest BCUT2D eigenvalue weighted by atomic mass is 16.7. The smallest absolute Gasteiger partial charge is 0.321 e. The molecule has 234 valence electrons. The van der Waals surface area contributed by atoms with Crippen molar-refractivity contribution in [1.82, 2.24) is 20.4 Å². The second-order valence-electron chi connectivity index (χ2n) is 10.6. The number of aliphatic hydroxyl groups excluding tert-OH is 4. The third-order valence-corrected chi connectivity index (χ3v) is 7.18. The predicted octanol–water partition coefficient (Wildman–Crippen LogP) is -0.103. The SMILES string of the molecule is Cc1cc(OCCCNCCC(=O)N(C)C(N)=O)ccc1Cc1c(O[C@@H]2O[C@H](CO)[C@@H](O)[C@H](O)[C@H]2O)n[nH]c1C(C)C. The molecular formula is C28H43N5O9. The lowest BCUT2D eigenvalue weighted by Crippen LogP contribution is -2.60. The average molecular weight is 594 g/mol. The first-order chi connectivity index (χ1) is 19.9. The number of nitrogens with one attached hydrogen (secondary N) is 2. The third-order valence-electron chi connectivity index (χ3n) is 7.18. The van der Waals surface area contributed by atoms with Gasteiger partial charge in [0.25, 0.3) is 0 Å². The van der Waals surface area contributed by atoms with Gasteiger partial charge < -0.3 is 45.7 Å². The number of urea groups is 1. The minimum atomic E-state index is -1.56. The van der Waals surface area contributed by atoms with E-state index in [-0.39, 0.29) is 24.1 Å². The largest absolute Gasteiger partial charge is 0.494 e. The molecule has 3 rings (SSSR count). The van der Waals surface area contributed by atoms with Crippen LogP contribution >= 0.6 is 0 Å². The number of primary amides is 1. The quantitative estimate of drug-likeness (QED) is 0.144. The molecule has 1 aliphatic rings. The molecule has 0 spiro atoms. The minimum absolute atomic E-state index is 0.0818. The Morgan fingerprint density at radius 2 is 1.93 bits per heavy atom. The first-order valence-corrected chi connectivity index (χ1v) is 14.0. The molecular weight excluding hydrogens is 550 g/mol. The Morgan fingerprint density at radius 3 is 2.57 bits per heavy atom. The molecule has 1 fully saturated rings. The predicted molar refractivity (Wildman–Crippen MR) is 151 cm³/mol. The molecule has 8 N–H and O–H groups in total. The van der Waals surface area contributed by atoms with Gasteiger partial charge in [-0.25, -0.2) is 4.79 Å². The van der Waals surface area contributed by atoms with Gasteiger partial charge in [-0.05, 0) is 49.1 Å². The highest BCUT2D eigenvalue weighted by Crippen LogP contribution is 2.32. The molecule has 0 radical (unpaired) electrons. The zero-order valence-corrected chi connectivity index (χ0v) is 24.4. The van der Waals surface area contributed by atoms with Crippen molar-refractivity contribution in [3.8, 4) is 11.6 Å². The van der Waals surface area contributed by atoms with Crippen LogP contribution in [0.2, 0.25) is 0 Å². The van der Waals surface area contributed by atoms with Gasteiger partial charge in [0, 0.05) is 37.7 Å². The first kappa shape index (κ1) is 33.2. The van der Waals surface area contributed by atoms with Crippen LogP contribution in [0.4, 0.5) is 4.79 Å².